The molecule has 1 fully saturated rings. The normalized spacial score (nSPS) is 16.9. The maximum atomic E-state index is 14.3. The number of aromatic amines is 1. The van der Waals surface area contributed by atoms with Crippen LogP contribution in [-0.2, 0) is 19.4 Å². The third kappa shape index (κ3) is 6.76. The Kier molecular flexibility index (Phi) is 9.90. The predicted octanol–water partition coefficient (Wildman–Crippen LogP) is 5.32. The number of nitrogens with one attached hydrogen (secondary N) is 2. The van der Waals surface area contributed by atoms with Crippen LogP contribution in [0.4, 0.5) is 0 Å². The molecule has 0 spiro atoms. The van der Waals surface area contributed by atoms with E-state index in [2.05, 4.69) is 55.0 Å². The second kappa shape index (κ2) is 13.8. The first-order valence-corrected chi connectivity index (χ1v) is 16.0. The summed E-state index contributed by atoms with van der Waals surface area (Å²) in [7, 11) is 0. The molecule has 10 heteroatoms. The van der Waals surface area contributed by atoms with Crippen molar-refractivity contribution in [1.29, 1.82) is 0 Å². The molecular weight excluding hydrogens is 572 g/mol. The number of piperazine rings is 1. The van der Waals surface area contributed by atoms with Crippen molar-refractivity contribution in [1.82, 2.24) is 29.9 Å². The number of thiocarbonyl (C=S) groups is 1. The summed E-state index contributed by atoms with van der Waals surface area (Å²) in [6.07, 6.45) is 3.13. The van der Waals surface area contributed by atoms with Gasteiger partial charge in [-0.1, -0.05) is 93.1 Å². The Morgan fingerprint density at radius 3 is 2.34 bits per heavy atom. The van der Waals surface area contributed by atoms with Crippen molar-refractivity contribution >= 4 is 17.2 Å². The highest BCUT2D eigenvalue weighted by atomic mass is 32.1. The number of unbranched alkanes of at least 4 members (excludes halogenated alkanes) is 1. The van der Waals surface area contributed by atoms with Gasteiger partial charge in [-0.25, -0.2) is 9.78 Å². The molecule has 1 aliphatic heterocycles. The van der Waals surface area contributed by atoms with E-state index in [1.165, 1.54) is 0 Å². The maximum Gasteiger partial charge on any atom is 0.439 e. The Bertz CT molecular complexity index is 1710. The summed E-state index contributed by atoms with van der Waals surface area (Å²) in [5.41, 5.74) is 5.20. The van der Waals surface area contributed by atoms with E-state index in [0.717, 1.165) is 71.1 Å². The number of hydrogen-bond donors (Lipinski definition) is 2. The SMILES string of the molecule is CCCCc1nc(C(C)C)c(CC(=S)N2C(C)CNCC2C)c(=O)n1Cc1ccc(-c2ccccc2-c2noc(=O)[nH]2)cc1. The molecule has 2 N–H and O–H groups in total. The van der Waals surface area contributed by atoms with Gasteiger partial charge in [0.05, 0.1) is 17.2 Å². The summed E-state index contributed by atoms with van der Waals surface area (Å²) >= 11 is 5.99. The lowest BCUT2D eigenvalue weighted by Crippen LogP contribution is -2.57. The van der Waals surface area contributed by atoms with Crippen LogP contribution in [0.2, 0.25) is 0 Å². The lowest BCUT2D eigenvalue weighted by Gasteiger charge is -2.41. The summed E-state index contributed by atoms with van der Waals surface area (Å²) in [6.45, 7) is 12.9. The first kappa shape index (κ1) is 31.5. The summed E-state index contributed by atoms with van der Waals surface area (Å²) in [5.74, 6) is 0.716. The third-order valence-electron chi connectivity index (χ3n) is 8.35. The molecular formula is C34H42N6O3S. The van der Waals surface area contributed by atoms with E-state index in [9.17, 15) is 9.59 Å². The average Bonchev–Trinajstić information content (AvgIpc) is 3.44. The van der Waals surface area contributed by atoms with Crippen LogP contribution < -0.4 is 16.6 Å². The molecule has 2 aromatic carbocycles. The van der Waals surface area contributed by atoms with Crippen molar-refractivity contribution in [3.63, 3.8) is 0 Å². The Labute approximate surface area is 263 Å². The van der Waals surface area contributed by atoms with E-state index in [1.54, 1.807) is 0 Å². The largest absolute Gasteiger partial charge is 0.439 e. The molecule has 0 bridgehead atoms. The van der Waals surface area contributed by atoms with Gasteiger partial charge in [-0.2, -0.15) is 0 Å². The lowest BCUT2D eigenvalue weighted by molar-refractivity contribution is 0.208. The number of rotatable bonds is 10. The minimum Gasteiger partial charge on any atom is -0.358 e. The zero-order valence-corrected chi connectivity index (χ0v) is 27.0. The van der Waals surface area contributed by atoms with Crippen molar-refractivity contribution in [2.45, 2.75) is 84.8 Å². The van der Waals surface area contributed by atoms with Crippen molar-refractivity contribution in [3.8, 4) is 22.5 Å². The molecule has 44 heavy (non-hydrogen) atoms. The van der Waals surface area contributed by atoms with Crippen molar-refractivity contribution in [2.24, 2.45) is 0 Å². The van der Waals surface area contributed by atoms with Crippen LogP contribution in [-0.4, -0.2) is 54.8 Å². The number of hydrogen-bond acceptors (Lipinski definition) is 7. The molecule has 0 aliphatic carbocycles. The van der Waals surface area contributed by atoms with E-state index in [1.807, 2.05) is 53.1 Å². The molecule has 0 radical (unpaired) electrons. The van der Waals surface area contributed by atoms with Gasteiger partial charge in [0, 0.05) is 49.1 Å². The number of benzene rings is 2. The lowest BCUT2D eigenvalue weighted by atomic mass is 9.98. The molecule has 2 atom stereocenters. The van der Waals surface area contributed by atoms with Crippen LogP contribution in [0.1, 0.15) is 76.0 Å². The van der Waals surface area contributed by atoms with Gasteiger partial charge >= 0.3 is 5.76 Å². The molecule has 4 aromatic rings. The monoisotopic (exact) mass is 614 g/mol. The topological polar surface area (TPSA) is 109 Å². The van der Waals surface area contributed by atoms with Gasteiger partial charge in [0.2, 0.25) is 0 Å². The Balaban J connectivity index is 1.49. The van der Waals surface area contributed by atoms with Crippen LogP contribution >= 0.6 is 12.2 Å². The minimum absolute atomic E-state index is 0.00278. The Hall–Kier alpha value is -3.89. The highest BCUT2D eigenvalue weighted by Crippen LogP contribution is 2.30. The smallest absolute Gasteiger partial charge is 0.358 e. The van der Waals surface area contributed by atoms with Gasteiger partial charge < -0.3 is 10.2 Å². The van der Waals surface area contributed by atoms with Crippen molar-refractivity contribution < 1.29 is 4.52 Å². The summed E-state index contributed by atoms with van der Waals surface area (Å²) in [6, 6.07) is 16.4. The van der Waals surface area contributed by atoms with Crippen LogP contribution in [0, 0.1) is 0 Å². The number of H-pyrrole nitrogens is 1. The molecule has 1 saturated heterocycles. The van der Waals surface area contributed by atoms with E-state index in [0.29, 0.717) is 24.4 Å². The van der Waals surface area contributed by atoms with Gasteiger partial charge in [-0.15, -0.1) is 0 Å². The standard InChI is InChI=1S/C34H42N6O3S/c1-6-7-12-29-36-31(21(2)3)28(17-30(44)40-22(4)18-35-19-23(40)5)33(41)39(29)20-24-13-15-25(16-14-24)26-10-8-9-11-27(26)32-37-34(42)43-38-32/h8-11,13-16,21-23,35H,6-7,12,17-20H2,1-5H3,(H,37,38,42). The molecule has 5 rings (SSSR count). The minimum atomic E-state index is -0.594. The quantitative estimate of drug-likeness (QED) is 0.231. The molecule has 2 aromatic heterocycles. The van der Waals surface area contributed by atoms with Gasteiger partial charge in [-0.05, 0) is 42.9 Å². The molecule has 3 heterocycles. The van der Waals surface area contributed by atoms with Crippen molar-refractivity contribution in [3.05, 3.63) is 92.1 Å². The van der Waals surface area contributed by atoms with Crippen molar-refractivity contribution in [2.75, 3.05) is 13.1 Å². The molecule has 232 valence electrons. The molecule has 0 amide bonds. The Morgan fingerprint density at radius 1 is 1.05 bits per heavy atom. The molecule has 9 nitrogen and oxygen atoms in total. The van der Waals surface area contributed by atoms with Crippen LogP contribution in [0.15, 0.2) is 62.6 Å². The van der Waals surface area contributed by atoms with Gasteiger partial charge in [0.15, 0.2) is 5.82 Å². The second-order valence-corrected chi connectivity index (χ2v) is 12.5. The van der Waals surface area contributed by atoms with Gasteiger partial charge in [-0.3, -0.25) is 18.9 Å². The van der Waals surface area contributed by atoms with E-state index < -0.39 is 5.76 Å². The average molecular weight is 615 g/mol. The fourth-order valence-electron chi connectivity index (χ4n) is 6.12. The highest BCUT2D eigenvalue weighted by Gasteiger charge is 2.28. The number of nitrogens with zero attached hydrogens (tertiary/aromatic N) is 4. The zero-order chi connectivity index (χ0) is 31.4. The van der Waals surface area contributed by atoms with Gasteiger partial charge in [0.25, 0.3) is 5.56 Å². The first-order valence-electron chi connectivity index (χ1n) is 15.6. The summed E-state index contributed by atoms with van der Waals surface area (Å²) in [4.78, 5) is 36.8. The van der Waals surface area contributed by atoms with E-state index in [-0.39, 0.29) is 23.6 Å². The van der Waals surface area contributed by atoms with Crippen LogP contribution in [0.5, 0.6) is 0 Å². The molecule has 1 aliphatic rings. The first-order chi connectivity index (χ1) is 21.2. The Morgan fingerprint density at radius 2 is 1.73 bits per heavy atom. The predicted molar refractivity (Wildman–Crippen MR) is 178 cm³/mol. The molecule has 2 unspecified atom stereocenters. The van der Waals surface area contributed by atoms with E-state index >= 15 is 0 Å². The van der Waals surface area contributed by atoms with Gasteiger partial charge in [0.1, 0.15) is 5.82 Å². The fraction of sp³-hybridized carbons (Fsp3) is 0.441. The van der Waals surface area contributed by atoms with E-state index in [4.69, 9.17) is 21.7 Å². The zero-order valence-electron chi connectivity index (χ0n) is 26.2. The fourth-order valence-corrected chi connectivity index (χ4v) is 6.62. The second-order valence-electron chi connectivity index (χ2n) is 12.1. The number of aromatic nitrogens is 4. The van der Waals surface area contributed by atoms with Crippen LogP contribution in [0.25, 0.3) is 22.5 Å². The van der Waals surface area contributed by atoms with Crippen LogP contribution in [0.3, 0.4) is 0 Å². The maximum absolute atomic E-state index is 14.3. The summed E-state index contributed by atoms with van der Waals surface area (Å²) in [5, 5.41) is 7.34. The third-order valence-corrected chi connectivity index (χ3v) is 8.70. The highest BCUT2D eigenvalue weighted by molar-refractivity contribution is 7.80. The number of aryl methyl sites for hydroxylation is 1. The molecule has 0 saturated carbocycles. The summed E-state index contributed by atoms with van der Waals surface area (Å²) < 4.78 is 6.59.